The van der Waals surface area contributed by atoms with E-state index in [0.29, 0.717) is 6.10 Å². The van der Waals surface area contributed by atoms with Crippen molar-refractivity contribution in [2.45, 2.75) is 31.8 Å². The normalized spacial score (nSPS) is 33.5. The molecule has 0 aromatic carbocycles. The lowest BCUT2D eigenvalue weighted by atomic mass is 9.89. The molecule has 2 rings (SSSR count). The van der Waals surface area contributed by atoms with Gasteiger partial charge < -0.3 is 9.47 Å². The first kappa shape index (κ1) is 8.52. The molecule has 2 heteroatoms. The van der Waals surface area contributed by atoms with Crippen LogP contribution in [0.25, 0.3) is 0 Å². The lowest BCUT2D eigenvalue weighted by molar-refractivity contribution is -0.0447. The standard InChI is InChI=1S/C10H17O2/c1-2-6-12-10(3-1)9-4-7-11-8-5-9/h1,9-10H,2-8H2. The summed E-state index contributed by atoms with van der Waals surface area (Å²) < 4.78 is 11.1. The third-order valence-corrected chi connectivity index (χ3v) is 2.84. The number of ether oxygens (including phenoxy) is 2. The van der Waals surface area contributed by atoms with E-state index in [-0.39, 0.29) is 0 Å². The molecule has 2 nitrogen and oxygen atoms in total. The van der Waals surface area contributed by atoms with Crippen LogP contribution in [0.4, 0.5) is 0 Å². The van der Waals surface area contributed by atoms with Gasteiger partial charge in [0.25, 0.3) is 0 Å². The highest BCUT2D eigenvalue weighted by Gasteiger charge is 2.25. The Morgan fingerprint density at radius 3 is 2.58 bits per heavy atom. The van der Waals surface area contributed by atoms with Gasteiger partial charge in [0.2, 0.25) is 0 Å². The maximum Gasteiger partial charge on any atom is 0.0607 e. The average Bonchev–Trinajstić information content (AvgIpc) is 2.21. The van der Waals surface area contributed by atoms with Crippen molar-refractivity contribution >= 4 is 0 Å². The molecule has 0 saturated carbocycles. The second kappa shape index (κ2) is 4.24. The molecule has 1 unspecified atom stereocenters. The van der Waals surface area contributed by atoms with Crippen molar-refractivity contribution in [3.05, 3.63) is 6.42 Å². The minimum Gasteiger partial charge on any atom is -0.381 e. The Balaban J connectivity index is 1.80. The van der Waals surface area contributed by atoms with Crippen LogP contribution in [0.5, 0.6) is 0 Å². The molecule has 69 valence electrons. The molecule has 0 aromatic rings. The minimum absolute atomic E-state index is 0.502. The Morgan fingerprint density at radius 2 is 1.92 bits per heavy atom. The number of hydrogen-bond donors (Lipinski definition) is 0. The Hall–Kier alpha value is -0.0800. The van der Waals surface area contributed by atoms with Crippen LogP contribution in [-0.2, 0) is 9.47 Å². The summed E-state index contributed by atoms with van der Waals surface area (Å²) in [4.78, 5) is 0. The predicted molar refractivity (Wildman–Crippen MR) is 46.8 cm³/mol. The summed E-state index contributed by atoms with van der Waals surface area (Å²) in [6.45, 7) is 2.80. The van der Waals surface area contributed by atoms with Gasteiger partial charge in [-0.3, -0.25) is 0 Å². The van der Waals surface area contributed by atoms with Crippen molar-refractivity contribution < 1.29 is 9.47 Å². The molecule has 0 bridgehead atoms. The van der Waals surface area contributed by atoms with Crippen LogP contribution in [0.1, 0.15) is 25.7 Å². The highest BCUT2D eigenvalue weighted by Crippen LogP contribution is 2.26. The Morgan fingerprint density at radius 1 is 1.08 bits per heavy atom. The molecule has 2 aliphatic heterocycles. The molecule has 2 fully saturated rings. The number of hydrogen-bond acceptors (Lipinski definition) is 2. The van der Waals surface area contributed by atoms with Crippen LogP contribution in [-0.4, -0.2) is 25.9 Å². The minimum atomic E-state index is 0.502. The van der Waals surface area contributed by atoms with Gasteiger partial charge in [0.05, 0.1) is 6.10 Å². The summed E-state index contributed by atoms with van der Waals surface area (Å²) in [5.74, 6) is 0.760. The van der Waals surface area contributed by atoms with Crippen LogP contribution in [0.15, 0.2) is 0 Å². The predicted octanol–water partition coefficient (Wildman–Crippen LogP) is 1.80. The molecular formula is C10H17O2. The second-order valence-corrected chi connectivity index (χ2v) is 3.67. The maximum absolute atomic E-state index is 5.73. The molecule has 0 spiro atoms. The molecule has 0 amide bonds. The van der Waals surface area contributed by atoms with E-state index < -0.39 is 0 Å². The van der Waals surface area contributed by atoms with Gasteiger partial charge in [-0.05, 0) is 38.0 Å². The third kappa shape index (κ3) is 1.99. The molecule has 2 heterocycles. The highest BCUT2D eigenvalue weighted by molar-refractivity contribution is 4.82. The van der Waals surface area contributed by atoms with E-state index in [4.69, 9.17) is 9.47 Å². The van der Waals surface area contributed by atoms with Gasteiger partial charge in [0, 0.05) is 19.8 Å². The smallest absolute Gasteiger partial charge is 0.0607 e. The Kier molecular flexibility index (Phi) is 3.01. The summed E-state index contributed by atoms with van der Waals surface area (Å²) in [5, 5.41) is 0. The largest absolute Gasteiger partial charge is 0.381 e. The first-order valence-electron chi connectivity index (χ1n) is 4.98. The second-order valence-electron chi connectivity index (χ2n) is 3.67. The van der Waals surface area contributed by atoms with E-state index in [0.717, 1.165) is 38.6 Å². The van der Waals surface area contributed by atoms with Gasteiger partial charge in [-0.1, -0.05) is 0 Å². The summed E-state index contributed by atoms with van der Waals surface area (Å²) in [6, 6.07) is 0. The fourth-order valence-corrected chi connectivity index (χ4v) is 2.07. The average molecular weight is 169 g/mol. The maximum atomic E-state index is 5.73. The first-order valence-corrected chi connectivity index (χ1v) is 4.98. The van der Waals surface area contributed by atoms with Crippen LogP contribution in [0, 0.1) is 12.3 Å². The molecule has 0 N–H and O–H groups in total. The van der Waals surface area contributed by atoms with Gasteiger partial charge in [0.1, 0.15) is 0 Å². The molecule has 12 heavy (non-hydrogen) atoms. The van der Waals surface area contributed by atoms with Gasteiger partial charge in [-0.2, -0.15) is 0 Å². The molecule has 0 aromatic heterocycles. The Labute approximate surface area is 74.2 Å². The van der Waals surface area contributed by atoms with E-state index >= 15 is 0 Å². The summed E-state index contributed by atoms with van der Waals surface area (Å²) in [5.41, 5.74) is 0. The van der Waals surface area contributed by atoms with Crippen LogP contribution in [0.3, 0.4) is 0 Å². The molecule has 1 atom stereocenters. The van der Waals surface area contributed by atoms with E-state index in [1.807, 2.05) is 0 Å². The molecular weight excluding hydrogens is 152 g/mol. The van der Waals surface area contributed by atoms with Crippen molar-refractivity contribution in [3.8, 4) is 0 Å². The van der Waals surface area contributed by atoms with Gasteiger partial charge in [-0.15, -0.1) is 0 Å². The van der Waals surface area contributed by atoms with Gasteiger partial charge >= 0.3 is 0 Å². The van der Waals surface area contributed by atoms with E-state index in [9.17, 15) is 0 Å². The van der Waals surface area contributed by atoms with Crippen molar-refractivity contribution in [2.24, 2.45) is 5.92 Å². The first-order chi connectivity index (χ1) is 5.97. The zero-order valence-electron chi connectivity index (χ0n) is 7.50. The van der Waals surface area contributed by atoms with Crippen molar-refractivity contribution in [2.75, 3.05) is 19.8 Å². The summed E-state index contributed by atoms with van der Waals surface area (Å²) >= 11 is 0. The lowest BCUT2D eigenvalue weighted by Gasteiger charge is -2.32. The lowest BCUT2D eigenvalue weighted by Crippen LogP contribution is -2.32. The van der Waals surface area contributed by atoms with Crippen molar-refractivity contribution in [3.63, 3.8) is 0 Å². The van der Waals surface area contributed by atoms with E-state index in [1.54, 1.807) is 0 Å². The molecule has 1 radical (unpaired) electrons. The molecule has 0 aliphatic carbocycles. The van der Waals surface area contributed by atoms with Crippen molar-refractivity contribution in [1.29, 1.82) is 0 Å². The Bertz CT molecular complexity index is 108. The van der Waals surface area contributed by atoms with Gasteiger partial charge in [-0.25, -0.2) is 0 Å². The fraction of sp³-hybridized carbons (Fsp3) is 0.900. The molecule has 2 saturated heterocycles. The quantitative estimate of drug-likeness (QED) is 0.596. The van der Waals surface area contributed by atoms with Crippen molar-refractivity contribution in [1.82, 2.24) is 0 Å². The summed E-state index contributed by atoms with van der Waals surface area (Å²) in [7, 11) is 0. The monoisotopic (exact) mass is 169 g/mol. The van der Waals surface area contributed by atoms with Crippen LogP contribution >= 0.6 is 0 Å². The van der Waals surface area contributed by atoms with Gasteiger partial charge in [0.15, 0.2) is 0 Å². The molecule has 2 aliphatic rings. The third-order valence-electron chi connectivity index (χ3n) is 2.84. The summed E-state index contributed by atoms with van der Waals surface area (Å²) in [6.07, 6.45) is 7.55. The number of rotatable bonds is 1. The van der Waals surface area contributed by atoms with Crippen LogP contribution in [0.2, 0.25) is 0 Å². The van der Waals surface area contributed by atoms with E-state index in [2.05, 4.69) is 6.42 Å². The fourth-order valence-electron chi connectivity index (χ4n) is 2.07. The zero-order chi connectivity index (χ0) is 8.23. The topological polar surface area (TPSA) is 18.5 Å². The SMILES string of the molecule is [CH]1CCOC(C2CCOCC2)C1. The van der Waals surface area contributed by atoms with E-state index in [1.165, 1.54) is 12.8 Å². The van der Waals surface area contributed by atoms with Crippen LogP contribution < -0.4 is 0 Å². The zero-order valence-corrected chi connectivity index (χ0v) is 7.50. The highest BCUT2D eigenvalue weighted by atomic mass is 16.5.